The lowest BCUT2D eigenvalue weighted by molar-refractivity contribution is 0.0924. The van der Waals surface area contributed by atoms with E-state index >= 15 is 0 Å². The number of ether oxygens (including phenoxy) is 1. The molecular formula is C20H30N2O4S. The molecule has 2 aliphatic rings. The fourth-order valence-electron chi connectivity index (χ4n) is 3.97. The van der Waals surface area contributed by atoms with Crippen molar-refractivity contribution in [2.75, 3.05) is 20.2 Å². The number of rotatable bonds is 5. The first kappa shape index (κ1) is 20.1. The van der Waals surface area contributed by atoms with Crippen molar-refractivity contribution < 1.29 is 17.9 Å². The molecule has 0 bridgehead atoms. The van der Waals surface area contributed by atoms with Gasteiger partial charge >= 0.3 is 0 Å². The molecule has 27 heavy (non-hydrogen) atoms. The smallest absolute Gasteiger partial charge is 0.255 e. The van der Waals surface area contributed by atoms with Crippen LogP contribution < -0.4 is 10.1 Å². The molecule has 150 valence electrons. The van der Waals surface area contributed by atoms with Gasteiger partial charge in [-0.2, -0.15) is 4.31 Å². The minimum Gasteiger partial charge on any atom is -0.496 e. The molecule has 0 radical (unpaired) electrons. The quantitative estimate of drug-likeness (QED) is 0.831. The van der Waals surface area contributed by atoms with Crippen LogP contribution in [0.1, 0.15) is 68.1 Å². The van der Waals surface area contributed by atoms with E-state index in [2.05, 4.69) is 5.32 Å². The molecule has 1 N–H and O–H groups in total. The first-order valence-corrected chi connectivity index (χ1v) is 11.5. The average Bonchev–Trinajstić information content (AvgIpc) is 2.98. The van der Waals surface area contributed by atoms with Gasteiger partial charge in [0.05, 0.1) is 17.6 Å². The summed E-state index contributed by atoms with van der Waals surface area (Å²) in [5, 5.41) is 3.05. The molecule has 0 unspecified atom stereocenters. The van der Waals surface area contributed by atoms with Gasteiger partial charge in [-0.05, 0) is 43.9 Å². The second kappa shape index (κ2) is 9.06. The Morgan fingerprint density at radius 1 is 1.04 bits per heavy atom. The predicted octanol–water partition coefficient (Wildman–Crippen LogP) is 3.32. The highest BCUT2D eigenvalue weighted by Gasteiger charge is 2.27. The largest absolute Gasteiger partial charge is 0.496 e. The van der Waals surface area contributed by atoms with Gasteiger partial charge in [0.1, 0.15) is 5.75 Å². The minimum absolute atomic E-state index is 0.154. The van der Waals surface area contributed by atoms with Crippen LogP contribution in [0.5, 0.6) is 5.75 Å². The van der Waals surface area contributed by atoms with Gasteiger partial charge < -0.3 is 10.1 Å². The number of carbonyl (C=O) groups excluding carboxylic acids is 1. The monoisotopic (exact) mass is 394 g/mol. The van der Waals surface area contributed by atoms with Crippen molar-refractivity contribution in [2.24, 2.45) is 0 Å². The zero-order valence-corrected chi connectivity index (χ0v) is 16.9. The molecule has 1 saturated heterocycles. The number of amides is 1. The summed E-state index contributed by atoms with van der Waals surface area (Å²) in [5.74, 6) is 0.143. The Labute approximate surface area is 162 Å². The SMILES string of the molecule is COc1ccc(S(=O)(=O)N2CCCCCC2)cc1C(=O)NC1CCCCC1. The molecule has 0 aromatic heterocycles. The van der Waals surface area contributed by atoms with Crippen LogP contribution in [-0.2, 0) is 10.0 Å². The third-order valence-corrected chi connectivity index (χ3v) is 7.45. The summed E-state index contributed by atoms with van der Waals surface area (Å²) in [6.45, 7) is 1.08. The lowest BCUT2D eigenvalue weighted by Crippen LogP contribution is -2.36. The van der Waals surface area contributed by atoms with Gasteiger partial charge in [0.2, 0.25) is 10.0 Å². The normalized spacial score (nSPS) is 20.0. The number of nitrogens with zero attached hydrogens (tertiary/aromatic N) is 1. The van der Waals surface area contributed by atoms with Crippen LogP contribution in [-0.4, -0.2) is 44.9 Å². The lowest BCUT2D eigenvalue weighted by Gasteiger charge is -2.24. The Morgan fingerprint density at radius 2 is 1.67 bits per heavy atom. The van der Waals surface area contributed by atoms with E-state index in [1.165, 1.54) is 25.7 Å². The lowest BCUT2D eigenvalue weighted by atomic mass is 9.95. The predicted molar refractivity (Wildman–Crippen MR) is 105 cm³/mol. The number of sulfonamides is 1. The van der Waals surface area contributed by atoms with Crippen LogP contribution in [0.3, 0.4) is 0 Å². The van der Waals surface area contributed by atoms with Crippen LogP contribution in [0.15, 0.2) is 23.1 Å². The van der Waals surface area contributed by atoms with Gasteiger partial charge in [-0.1, -0.05) is 32.1 Å². The number of carbonyl (C=O) groups is 1. The second-order valence-electron chi connectivity index (χ2n) is 7.49. The van der Waals surface area contributed by atoms with Crippen molar-refractivity contribution in [3.63, 3.8) is 0 Å². The summed E-state index contributed by atoms with van der Waals surface area (Å²) in [6, 6.07) is 4.75. The maximum atomic E-state index is 13.1. The van der Waals surface area contributed by atoms with Gasteiger partial charge in [-0.25, -0.2) is 8.42 Å². The maximum absolute atomic E-state index is 13.1. The van der Waals surface area contributed by atoms with Crippen LogP contribution >= 0.6 is 0 Å². The summed E-state index contributed by atoms with van der Waals surface area (Å²) in [6.07, 6.45) is 9.26. The molecule has 1 aliphatic carbocycles. The highest BCUT2D eigenvalue weighted by molar-refractivity contribution is 7.89. The van der Waals surface area contributed by atoms with Crippen LogP contribution in [0.4, 0.5) is 0 Å². The number of hydrogen-bond acceptors (Lipinski definition) is 4. The van der Waals surface area contributed by atoms with Gasteiger partial charge in [0, 0.05) is 19.1 Å². The van der Waals surface area contributed by atoms with E-state index in [0.29, 0.717) is 24.4 Å². The highest BCUT2D eigenvalue weighted by Crippen LogP contribution is 2.27. The van der Waals surface area contributed by atoms with Gasteiger partial charge in [0.15, 0.2) is 0 Å². The molecule has 7 heteroatoms. The Kier molecular flexibility index (Phi) is 6.76. The van der Waals surface area contributed by atoms with E-state index in [4.69, 9.17) is 4.74 Å². The van der Waals surface area contributed by atoms with Crippen LogP contribution in [0, 0.1) is 0 Å². The molecule has 1 aromatic carbocycles. The summed E-state index contributed by atoms with van der Waals surface area (Å²) >= 11 is 0. The molecule has 1 saturated carbocycles. The standard InChI is InChI=1S/C20H30N2O4S/c1-26-19-12-11-17(27(24,25)22-13-7-2-3-8-14-22)15-18(19)20(23)21-16-9-5-4-6-10-16/h11-12,15-16H,2-10,13-14H2,1H3,(H,21,23). The van der Waals surface area contributed by atoms with E-state index in [1.54, 1.807) is 10.4 Å². The van der Waals surface area contributed by atoms with Crippen molar-refractivity contribution in [3.05, 3.63) is 23.8 Å². The fourth-order valence-corrected chi connectivity index (χ4v) is 5.51. The minimum atomic E-state index is -3.60. The maximum Gasteiger partial charge on any atom is 0.255 e. The van der Waals surface area contributed by atoms with E-state index in [0.717, 1.165) is 51.4 Å². The molecule has 3 rings (SSSR count). The molecule has 1 aliphatic heterocycles. The van der Waals surface area contributed by atoms with Gasteiger partial charge in [0.25, 0.3) is 5.91 Å². The Bertz CT molecular complexity index is 749. The van der Waals surface area contributed by atoms with Crippen molar-refractivity contribution in [1.82, 2.24) is 9.62 Å². The molecule has 1 aromatic rings. The summed E-state index contributed by atoms with van der Waals surface area (Å²) in [4.78, 5) is 13.0. The van der Waals surface area contributed by atoms with Crippen molar-refractivity contribution in [3.8, 4) is 5.75 Å². The summed E-state index contributed by atoms with van der Waals surface area (Å²) in [5.41, 5.74) is 0.291. The molecule has 1 heterocycles. The van der Waals surface area contributed by atoms with E-state index < -0.39 is 10.0 Å². The molecule has 0 spiro atoms. The summed E-state index contributed by atoms with van der Waals surface area (Å²) in [7, 11) is -2.11. The Balaban J connectivity index is 1.84. The second-order valence-corrected chi connectivity index (χ2v) is 9.43. The molecule has 0 atom stereocenters. The zero-order chi connectivity index (χ0) is 19.3. The van der Waals surface area contributed by atoms with Gasteiger partial charge in [-0.3, -0.25) is 4.79 Å². The number of benzene rings is 1. The van der Waals surface area contributed by atoms with Crippen molar-refractivity contribution >= 4 is 15.9 Å². The first-order valence-electron chi connectivity index (χ1n) is 10.0. The van der Waals surface area contributed by atoms with Crippen LogP contribution in [0.25, 0.3) is 0 Å². The highest BCUT2D eigenvalue weighted by atomic mass is 32.2. The van der Waals surface area contributed by atoms with E-state index in [1.807, 2.05) is 0 Å². The Morgan fingerprint density at radius 3 is 2.30 bits per heavy atom. The van der Waals surface area contributed by atoms with E-state index in [-0.39, 0.29) is 16.8 Å². The number of methoxy groups -OCH3 is 1. The Hall–Kier alpha value is -1.60. The molecular weight excluding hydrogens is 364 g/mol. The van der Waals surface area contributed by atoms with Crippen molar-refractivity contribution in [1.29, 1.82) is 0 Å². The van der Waals surface area contributed by atoms with Gasteiger partial charge in [-0.15, -0.1) is 0 Å². The third-order valence-electron chi connectivity index (χ3n) is 5.56. The number of hydrogen-bond donors (Lipinski definition) is 1. The zero-order valence-electron chi connectivity index (χ0n) is 16.1. The first-order chi connectivity index (χ1) is 13.0. The molecule has 1 amide bonds. The average molecular weight is 395 g/mol. The fraction of sp³-hybridized carbons (Fsp3) is 0.650. The summed E-state index contributed by atoms with van der Waals surface area (Å²) < 4.78 is 33.0. The molecule has 2 fully saturated rings. The van der Waals surface area contributed by atoms with Crippen molar-refractivity contribution in [2.45, 2.75) is 68.7 Å². The van der Waals surface area contributed by atoms with E-state index in [9.17, 15) is 13.2 Å². The topological polar surface area (TPSA) is 75.7 Å². The third kappa shape index (κ3) is 4.82. The number of nitrogens with one attached hydrogen (secondary N) is 1. The van der Waals surface area contributed by atoms with Crippen LogP contribution in [0.2, 0.25) is 0 Å². The molecule has 6 nitrogen and oxygen atoms in total.